The highest BCUT2D eigenvalue weighted by Gasteiger charge is 2.13. The summed E-state index contributed by atoms with van der Waals surface area (Å²) in [5, 5.41) is 25.7. The average Bonchev–Trinajstić information content (AvgIpc) is 2.75. The smallest absolute Gasteiger partial charge is 0.330 e. The summed E-state index contributed by atoms with van der Waals surface area (Å²) in [6, 6.07) is -1.16. The Kier molecular flexibility index (Phi) is 23.8. The van der Waals surface area contributed by atoms with Crippen molar-refractivity contribution in [1.29, 1.82) is 0 Å². The Balaban J connectivity index is 0. The van der Waals surface area contributed by atoms with E-state index in [0.29, 0.717) is 0 Å². The molecule has 1 amide bonds. The van der Waals surface area contributed by atoms with Crippen LogP contribution in [0.1, 0.15) is 90.4 Å². The molecule has 32 heavy (non-hydrogen) atoms. The Morgan fingerprint density at radius 1 is 0.938 bits per heavy atom. The van der Waals surface area contributed by atoms with Gasteiger partial charge in [0.1, 0.15) is 18.8 Å². The number of aliphatic carboxylic acids is 1. The van der Waals surface area contributed by atoms with Gasteiger partial charge in [-0.3, -0.25) is 9.59 Å². The lowest BCUT2D eigenvalue weighted by Crippen LogP contribution is -2.34. The highest BCUT2D eigenvalue weighted by molar-refractivity contribution is 5.83. The summed E-state index contributed by atoms with van der Waals surface area (Å²) in [6.07, 6.45) is 17.3. The third-order valence-corrected chi connectivity index (χ3v) is 4.60. The summed E-state index contributed by atoms with van der Waals surface area (Å²) < 4.78 is 4.77. The standard InChI is InChI=1S/C19H36O4.C4H8N2O3/c1-2-3-4-5-6-7-8-9-10-11-12-13-14-15-19(22)23-17-18(21)16-20;5-2(4(8)9)1-3(6)7/h14-15,18,20-21H,2-13,16-17H2,1H3;2H,1,5H2,(H2,6,7)(H,8,9)/t;2-/m.0/s1. The number of primary amides is 1. The minimum Gasteiger partial charge on any atom is -0.480 e. The molecular weight excluding hydrogens is 416 g/mol. The number of carbonyl (C=O) groups is 3. The predicted octanol–water partition coefficient (Wildman–Crippen LogP) is 2.41. The molecule has 0 radical (unpaired) electrons. The van der Waals surface area contributed by atoms with Crippen molar-refractivity contribution in [2.45, 2.75) is 103 Å². The molecule has 0 spiro atoms. The van der Waals surface area contributed by atoms with Gasteiger partial charge >= 0.3 is 11.9 Å². The fourth-order valence-electron chi connectivity index (χ4n) is 2.69. The molecule has 0 aliphatic rings. The number of hydrogen-bond donors (Lipinski definition) is 5. The van der Waals surface area contributed by atoms with Gasteiger partial charge in [-0.1, -0.05) is 77.2 Å². The Bertz CT molecular complexity index is 513. The molecule has 0 aromatic heterocycles. The molecule has 0 aromatic carbocycles. The van der Waals surface area contributed by atoms with E-state index >= 15 is 0 Å². The normalized spacial score (nSPS) is 12.6. The number of allylic oxidation sites excluding steroid dienone is 1. The van der Waals surface area contributed by atoms with Crippen LogP contribution in [0.4, 0.5) is 0 Å². The van der Waals surface area contributed by atoms with Gasteiger partial charge in [-0.05, 0) is 12.8 Å². The second-order valence-electron chi connectivity index (χ2n) is 7.81. The highest BCUT2D eigenvalue weighted by atomic mass is 16.5. The number of nitrogens with two attached hydrogens (primary N) is 2. The van der Waals surface area contributed by atoms with Crippen molar-refractivity contribution in [3.05, 3.63) is 12.2 Å². The summed E-state index contributed by atoms with van der Waals surface area (Å²) in [7, 11) is 0. The Hall–Kier alpha value is -1.97. The van der Waals surface area contributed by atoms with E-state index in [-0.39, 0.29) is 13.0 Å². The number of carbonyl (C=O) groups excluding carboxylic acids is 2. The lowest BCUT2D eigenvalue weighted by atomic mass is 10.1. The van der Waals surface area contributed by atoms with Crippen LogP contribution in [0.2, 0.25) is 0 Å². The number of unbranched alkanes of at least 4 members (excludes halogenated alkanes) is 11. The second-order valence-corrected chi connectivity index (χ2v) is 7.81. The molecule has 0 fully saturated rings. The van der Waals surface area contributed by atoms with Crippen LogP contribution in [0.25, 0.3) is 0 Å². The molecule has 188 valence electrons. The molecule has 0 heterocycles. The molecular formula is C23H44N2O7. The maximum Gasteiger partial charge on any atom is 0.330 e. The Morgan fingerprint density at radius 2 is 1.44 bits per heavy atom. The Morgan fingerprint density at radius 3 is 1.84 bits per heavy atom. The minimum atomic E-state index is -1.21. The summed E-state index contributed by atoms with van der Waals surface area (Å²) in [4.78, 5) is 31.2. The van der Waals surface area contributed by atoms with E-state index < -0.39 is 36.6 Å². The van der Waals surface area contributed by atoms with Gasteiger partial charge in [-0.15, -0.1) is 0 Å². The number of aliphatic hydroxyl groups excluding tert-OH is 2. The van der Waals surface area contributed by atoms with E-state index in [9.17, 15) is 14.4 Å². The lowest BCUT2D eigenvalue weighted by Gasteiger charge is -2.06. The largest absolute Gasteiger partial charge is 0.480 e. The SMILES string of the molecule is CCCCCCCCCCCCCC=CC(=O)OCC(O)CO.NC(=O)C[C@H](N)C(=O)O. The first kappa shape index (κ1) is 32.2. The van der Waals surface area contributed by atoms with Crippen LogP contribution in [0, 0.1) is 0 Å². The first-order valence-corrected chi connectivity index (χ1v) is 11.6. The van der Waals surface area contributed by atoms with Crippen molar-refractivity contribution in [2.75, 3.05) is 13.2 Å². The van der Waals surface area contributed by atoms with Gasteiger partial charge in [0.15, 0.2) is 0 Å². The van der Waals surface area contributed by atoms with Crippen LogP contribution >= 0.6 is 0 Å². The number of carboxylic acids is 1. The van der Waals surface area contributed by atoms with Crippen LogP contribution in [0.15, 0.2) is 12.2 Å². The van der Waals surface area contributed by atoms with Crippen LogP contribution in [-0.2, 0) is 19.1 Å². The molecule has 0 rings (SSSR count). The molecule has 0 saturated heterocycles. The van der Waals surface area contributed by atoms with E-state index in [1.54, 1.807) is 0 Å². The quantitative estimate of drug-likeness (QED) is 0.111. The summed E-state index contributed by atoms with van der Waals surface area (Å²) in [6.45, 7) is 1.70. The molecule has 9 heteroatoms. The second kappa shape index (κ2) is 23.7. The molecule has 0 aliphatic carbocycles. The predicted molar refractivity (Wildman–Crippen MR) is 124 cm³/mol. The van der Waals surface area contributed by atoms with E-state index in [2.05, 4.69) is 12.7 Å². The van der Waals surface area contributed by atoms with E-state index in [1.807, 2.05) is 6.08 Å². The molecule has 2 atom stereocenters. The van der Waals surface area contributed by atoms with Crippen molar-refractivity contribution in [2.24, 2.45) is 11.5 Å². The number of aliphatic hydroxyl groups is 2. The van der Waals surface area contributed by atoms with Gasteiger partial charge in [0, 0.05) is 6.08 Å². The first-order chi connectivity index (χ1) is 15.2. The van der Waals surface area contributed by atoms with Gasteiger partial charge in [0.2, 0.25) is 5.91 Å². The van der Waals surface area contributed by atoms with Gasteiger partial charge in [0.05, 0.1) is 13.0 Å². The lowest BCUT2D eigenvalue weighted by molar-refractivity contribution is -0.141. The fraction of sp³-hybridized carbons (Fsp3) is 0.783. The zero-order chi connectivity index (χ0) is 24.6. The molecule has 1 unspecified atom stereocenters. The van der Waals surface area contributed by atoms with Crippen molar-refractivity contribution >= 4 is 17.8 Å². The number of ether oxygens (including phenoxy) is 1. The molecule has 0 saturated carbocycles. The number of rotatable bonds is 19. The van der Waals surface area contributed by atoms with Crippen molar-refractivity contribution in [3.8, 4) is 0 Å². The number of carboxylic acid groups (broad SMARTS) is 1. The maximum absolute atomic E-state index is 11.3. The fourth-order valence-corrected chi connectivity index (χ4v) is 2.69. The van der Waals surface area contributed by atoms with Crippen molar-refractivity contribution in [1.82, 2.24) is 0 Å². The van der Waals surface area contributed by atoms with Crippen molar-refractivity contribution < 1.29 is 34.4 Å². The Labute approximate surface area is 192 Å². The van der Waals surface area contributed by atoms with E-state index in [4.69, 9.17) is 25.8 Å². The zero-order valence-corrected chi connectivity index (χ0v) is 19.5. The van der Waals surface area contributed by atoms with E-state index in [1.165, 1.54) is 70.3 Å². The first-order valence-electron chi connectivity index (χ1n) is 11.6. The summed E-state index contributed by atoms with van der Waals surface area (Å²) >= 11 is 0. The molecule has 0 bridgehead atoms. The third-order valence-electron chi connectivity index (χ3n) is 4.60. The van der Waals surface area contributed by atoms with Crippen LogP contribution in [0.3, 0.4) is 0 Å². The van der Waals surface area contributed by atoms with Crippen molar-refractivity contribution in [3.63, 3.8) is 0 Å². The van der Waals surface area contributed by atoms with Gasteiger partial charge in [-0.2, -0.15) is 0 Å². The van der Waals surface area contributed by atoms with Gasteiger partial charge < -0.3 is 31.5 Å². The topological polar surface area (TPSA) is 173 Å². The number of amides is 1. The van der Waals surface area contributed by atoms with Crippen LogP contribution in [-0.4, -0.2) is 58.5 Å². The monoisotopic (exact) mass is 460 g/mol. The van der Waals surface area contributed by atoms with Gasteiger partial charge in [-0.25, -0.2) is 4.79 Å². The third kappa shape index (κ3) is 26.1. The number of esters is 1. The summed E-state index contributed by atoms with van der Waals surface area (Å²) in [5.41, 5.74) is 9.57. The van der Waals surface area contributed by atoms with Crippen LogP contribution < -0.4 is 11.5 Å². The molecule has 9 nitrogen and oxygen atoms in total. The van der Waals surface area contributed by atoms with Crippen LogP contribution in [0.5, 0.6) is 0 Å². The number of hydrogen-bond acceptors (Lipinski definition) is 7. The maximum atomic E-state index is 11.3. The van der Waals surface area contributed by atoms with Gasteiger partial charge in [0.25, 0.3) is 0 Å². The average molecular weight is 461 g/mol. The summed E-state index contributed by atoms with van der Waals surface area (Å²) in [5.74, 6) is -2.38. The zero-order valence-electron chi connectivity index (χ0n) is 19.5. The highest BCUT2D eigenvalue weighted by Crippen LogP contribution is 2.12. The molecule has 7 N–H and O–H groups in total. The minimum absolute atomic E-state index is 0.155. The van der Waals surface area contributed by atoms with E-state index in [0.717, 1.165) is 12.8 Å². The molecule has 0 aliphatic heterocycles. The molecule has 0 aromatic rings.